The minimum atomic E-state index is -1.66. The fourth-order valence-electron chi connectivity index (χ4n) is 9.49. The molecule has 18 heteroatoms. The van der Waals surface area contributed by atoms with Gasteiger partial charge in [-0.3, -0.25) is 19.3 Å². The number of likely N-dealkylation sites (N-methyl/N-ethyl adjacent to an activating group) is 1. The molecule has 0 aromatic heterocycles. The first kappa shape index (κ1) is 44.7. The van der Waals surface area contributed by atoms with E-state index in [1.165, 1.54) is 13.2 Å². The quantitative estimate of drug-likeness (QED) is 0.113. The van der Waals surface area contributed by atoms with Gasteiger partial charge in [0.05, 0.1) is 66.0 Å². The summed E-state index contributed by atoms with van der Waals surface area (Å²) in [6, 6.07) is 3.21. The first-order chi connectivity index (χ1) is 28.5. The predicted molar refractivity (Wildman–Crippen MR) is 208 cm³/mol. The number of carbonyl (C=O) groups is 2. The van der Waals surface area contributed by atoms with Crippen molar-refractivity contribution in [3.05, 3.63) is 51.6 Å². The number of carbonyl (C=O) groups excluding carboxylic acids is 2. The van der Waals surface area contributed by atoms with Gasteiger partial charge in [-0.15, -0.1) is 0 Å². The van der Waals surface area contributed by atoms with E-state index in [4.69, 9.17) is 42.8 Å². The molecule has 2 aromatic rings. The number of hydrogen-bond acceptors (Lipinski definition) is 18. The Bertz CT molecular complexity index is 1900. The Morgan fingerprint density at radius 1 is 0.833 bits per heavy atom. The second-order valence-corrected chi connectivity index (χ2v) is 16.7. The first-order valence-corrected chi connectivity index (χ1v) is 20.5. The molecule has 332 valence electrons. The van der Waals surface area contributed by atoms with Crippen LogP contribution < -0.4 is 5.64 Å². The molecule has 60 heavy (non-hydrogen) atoms. The molecule has 7 rings (SSSR count). The number of ether oxygens (including phenoxy) is 7. The zero-order valence-corrected chi connectivity index (χ0v) is 35.2. The Morgan fingerprint density at radius 3 is 2.05 bits per heavy atom. The molecule has 0 spiro atoms. The average molecular weight is 847 g/mol. The summed E-state index contributed by atoms with van der Waals surface area (Å²) in [7, 11) is 6.74. The number of nitrogens with zero attached hydrogens (tertiary/aromatic N) is 1. The van der Waals surface area contributed by atoms with Gasteiger partial charge in [-0.1, -0.05) is 12.6 Å². The van der Waals surface area contributed by atoms with Gasteiger partial charge in [0.25, 0.3) is 0 Å². The molecule has 0 radical (unpaired) electrons. The van der Waals surface area contributed by atoms with Gasteiger partial charge in [-0.05, 0) is 71.5 Å². The van der Waals surface area contributed by atoms with Crippen LogP contribution in [-0.4, -0.2) is 144 Å². The molecule has 3 heterocycles. The minimum absolute atomic E-state index is 0.0208. The third-order valence-corrected chi connectivity index (χ3v) is 12.7. The van der Waals surface area contributed by atoms with Crippen molar-refractivity contribution in [2.24, 2.45) is 0 Å². The SMILES string of the molecule is CCC1(O)CC(OC2CC(N(C)C)C(OC3CC(O)C(OC4CCC(OC)C(C)O4)C(C)O3)C(C)O2)c2c(cc3c(c2O)C(=O)c2c(O)ccc(O)c2C3=O)C1ONOC. The molecule has 2 aliphatic carbocycles. The Hall–Kier alpha value is -3.34. The average Bonchev–Trinajstić information content (AvgIpc) is 3.19. The molecule has 5 aliphatic rings. The molecule has 0 saturated carbocycles. The Labute approximate surface area is 348 Å². The zero-order valence-electron chi connectivity index (χ0n) is 35.2. The maximum absolute atomic E-state index is 14.0. The molecule has 3 fully saturated rings. The lowest BCUT2D eigenvalue weighted by Crippen LogP contribution is -2.58. The third kappa shape index (κ3) is 8.19. The first-order valence-electron chi connectivity index (χ1n) is 20.5. The van der Waals surface area contributed by atoms with Crippen LogP contribution in [0.5, 0.6) is 17.2 Å². The monoisotopic (exact) mass is 846 g/mol. The number of aliphatic hydroxyl groups is 2. The molecule has 0 bridgehead atoms. The maximum atomic E-state index is 14.0. The molecular weight excluding hydrogens is 788 g/mol. The summed E-state index contributed by atoms with van der Waals surface area (Å²) >= 11 is 0. The number of aliphatic hydroxyl groups excluding tert-OH is 1. The van der Waals surface area contributed by atoms with Gasteiger partial charge < -0.3 is 63.6 Å². The van der Waals surface area contributed by atoms with E-state index in [-0.39, 0.29) is 60.6 Å². The molecule has 0 amide bonds. The summed E-state index contributed by atoms with van der Waals surface area (Å²) in [6.45, 7) is 7.32. The van der Waals surface area contributed by atoms with Gasteiger partial charge in [0.1, 0.15) is 35.6 Å². The largest absolute Gasteiger partial charge is 0.507 e. The lowest BCUT2D eigenvalue weighted by molar-refractivity contribution is -0.329. The number of methoxy groups -OCH3 is 1. The van der Waals surface area contributed by atoms with Crippen LogP contribution in [0, 0.1) is 0 Å². The maximum Gasteiger partial charge on any atom is 0.202 e. The number of phenols is 3. The fraction of sp³-hybridized carbons (Fsp3) is 0.667. The summed E-state index contributed by atoms with van der Waals surface area (Å²) in [6.07, 6.45) is -6.17. The molecule has 2 aromatic carbocycles. The van der Waals surface area contributed by atoms with Crippen LogP contribution in [0.4, 0.5) is 0 Å². The van der Waals surface area contributed by atoms with Gasteiger partial charge in [-0.2, -0.15) is 0 Å². The Kier molecular flexibility index (Phi) is 13.3. The van der Waals surface area contributed by atoms with Crippen molar-refractivity contribution >= 4 is 11.6 Å². The smallest absolute Gasteiger partial charge is 0.202 e. The Balaban J connectivity index is 1.12. The van der Waals surface area contributed by atoms with E-state index in [9.17, 15) is 35.1 Å². The van der Waals surface area contributed by atoms with Crippen molar-refractivity contribution in [3.63, 3.8) is 0 Å². The highest BCUT2D eigenvalue weighted by molar-refractivity contribution is 6.31. The molecule has 3 saturated heterocycles. The van der Waals surface area contributed by atoms with Crippen LogP contribution in [0.3, 0.4) is 0 Å². The van der Waals surface area contributed by atoms with E-state index in [0.29, 0.717) is 6.42 Å². The molecule has 3 aliphatic heterocycles. The van der Waals surface area contributed by atoms with E-state index >= 15 is 0 Å². The molecular formula is C42H58N2O16. The van der Waals surface area contributed by atoms with E-state index < -0.39 is 113 Å². The van der Waals surface area contributed by atoms with Crippen molar-refractivity contribution in [1.29, 1.82) is 0 Å². The van der Waals surface area contributed by atoms with Crippen molar-refractivity contribution in [3.8, 4) is 17.2 Å². The number of phenolic OH excluding ortho intramolecular Hbond substituents is 3. The highest BCUT2D eigenvalue weighted by Crippen LogP contribution is 2.54. The summed E-state index contributed by atoms with van der Waals surface area (Å²) in [5.41, 5.74) is -0.684. The van der Waals surface area contributed by atoms with E-state index in [0.717, 1.165) is 18.6 Å². The number of aromatic hydroxyl groups is 3. The normalized spacial score (nSPS) is 36.8. The summed E-state index contributed by atoms with van der Waals surface area (Å²) in [5.74, 6) is -3.38. The lowest BCUT2D eigenvalue weighted by atomic mass is 9.71. The second kappa shape index (κ2) is 17.8. The highest BCUT2D eigenvalue weighted by Gasteiger charge is 2.52. The van der Waals surface area contributed by atoms with Crippen LogP contribution in [0.2, 0.25) is 0 Å². The number of nitrogens with one attached hydrogen (secondary N) is 1. The van der Waals surface area contributed by atoms with Crippen LogP contribution in [0.25, 0.3) is 0 Å². The number of hydrogen-bond donors (Lipinski definition) is 6. The summed E-state index contributed by atoms with van der Waals surface area (Å²) in [5, 5.41) is 56.7. The van der Waals surface area contributed by atoms with Crippen molar-refractivity contribution in [2.75, 3.05) is 28.3 Å². The number of ketones is 2. The molecule has 6 N–H and O–H groups in total. The van der Waals surface area contributed by atoms with E-state index in [1.807, 2.05) is 39.8 Å². The van der Waals surface area contributed by atoms with Crippen molar-refractivity contribution < 1.29 is 78.0 Å². The van der Waals surface area contributed by atoms with Crippen LogP contribution in [0.15, 0.2) is 18.2 Å². The van der Waals surface area contributed by atoms with Crippen molar-refractivity contribution in [1.82, 2.24) is 10.5 Å². The summed E-state index contributed by atoms with van der Waals surface area (Å²) < 4.78 is 43.6. The molecule has 18 nitrogen and oxygen atoms in total. The predicted octanol–water partition coefficient (Wildman–Crippen LogP) is 3.18. The van der Waals surface area contributed by atoms with Gasteiger partial charge in [0, 0.05) is 50.0 Å². The number of fused-ring (bicyclic) bond motifs is 3. The lowest BCUT2D eigenvalue weighted by Gasteiger charge is -2.48. The van der Waals surface area contributed by atoms with Gasteiger partial charge in [0.15, 0.2) is 24.7 Å². The van der Waals surface area contributed by atoms with Gasteiger partial charge >= 0.3 is 0 Å². The van der Waals surface area contributed by atoms with Crippen molar-refractivity contribution in [2.45, 2.75) is 152 Å². The Morgan fingerprint density at radius 2 is 1.45 bits per heavy atom. The fourth-order valence-corrected chi connectivity index (χ4v) is 9.49. The van der Waals surface area contributed by atoms with Crippen LogP contribution in [0.1, 0.15) is 121 Å². The zero-order chi connectivity index (χ0) is 43.4. The molecule has 14 unspecified atom stereocenters. The van der Waals surface area contributed by atoms with E-state index in [2.05, 4.69) is 5.64 Å². The standard InChI is InChI=1S/C42H58N2O16/c1-9-42(51)17-28(32-22(41(42)60-43-53-8)14-21-33(37(32)49)38(50)35-25(46)11-10-24(45)34(35)36(21)48)57-30-15-23(44(5)6)39(19(3)55-30)59-31-16-26(47)40(20(4)56-31)58-29-13-12-27(52-7)18(2)54-29/h10-11,14,18-20,23,26-31,39-41,43,45-47,49,51H,9,12-13,15-17H2,1-8H3. The second-order valence-electron chi connectivity index (χ2n) is 16.7. The van der Waals surface area contributed by atoms with Crippen LogP contribution >= 0.6 is 0 Å². The van der Waals surface area contributed by atoms with Gasteiger partial charge in [-0.25, -0.2) is 0 Å². The topological polar surface area (TPSA) is 234 Å². The number of benzene rings is 2. The van der Waals surface area contributed by atoms with E-state index in [1.54, 1.807) is 14.0 Å². The van der Waals surface area contributed by atoms with Crippen LogP contribution in [-0.2, 0) is 42.8 Å². The number of rotatable bonds is 12. The minimum Gasteiger partial charge on any atom is -0.507 e. The summed E-state index contributed by atoms with van der Waals surface area (Å²) in [4.78, 5) is 40.6. The molecule has 14 atom stereocenters. The third-order valence-electron chi connectivity index (χ3n) is 12.7. The highest BCUT2D eigenvalue weighted by atomic mass is 16.9. The van der Waals surface area contributed by atoms with Gasteiger partial charge in [0.2, 0.25) is 5.78 Å².